The predicted molar refractivity (Wildman–Crippen MR) is 83.3 cm³/mol. The van der Waals surface area contributed by atoms with E-state index < -0.39 is 5.97 Å². The number of aliphatic carboxylic acids is 1. The Labute approximate surface area is 126 Å². The second-order valence-corrected chi connectivity index (χ2v) is 5.33. The summed E-state index contributed by atoms with van der Waals surface area (Å²) in [4.78, 5) is 22.7. The molecule has 2 aromatic rings. The van der Waals surface area contributed by atoms with Crippen molar-refractivity contribution in [3.05, 3.63) is 63.9 Å². The normalized spacial score (nSPS) is 12.2. The van der Waals surface area contributed by atoms with Crippen molar-refractivity contribution in [3.8, 4) is 0 Å². The molecule has 2 N–H and O–H groups in total. The Morgan fingerprint density at radius 3 is 2.81 bits per heavy atom. The van der Waals surface area contributed by atoms with Gasteiger partial charge in [-0.15, -0.1) is 0 Å². The van der Waals surface area contributed by atoms with Crippen LogP contribution in [-0.2, 0) is 4.79 Å². The number of carboxylic acid groups (broad SMARTS) is 1. The first kappa shape index (κ1) is 15.0. The molecule has 1 unspecified atom stereocenters. The smallest absolute Gasteiger partial charge is 0.328 e. The summed E-state index contributed by atoms with van der Waals surface area (Å²) in [5.74, 6) is -1.20. The fraction of sp³-hybridized carbons (Fsp3) is 0.125. The Hall–Kier alpha value is -2.40. The molecule has 0 radical (unpaired) electrons. The fourth-order valence-corrected chi connectivity index (χ4v) is 2.59. The monoisotopic (exact) mass is 301 g/mol. The van der Waals surface area contributed by atoms with Crippen molar-refractivity contribution in [1.82, 2.24) is 5.32 Å². The average Bonchev–Trinajstić information content (AvgIpc) is 2.99. The predicted octanol–water partition coefficient (Wildman–Crippen LogP) is 3.34. The summed E-state index contributed by atoms with van der Waals surface area (Å²) in [6.07, 6.45) is 2.51. The molecule has 1 heterocycles. The van der Waals surface area contributed by atoms with Gasteiger partial charge in [0.2, 0.25) is 0 Å². The van der Waals surface area contributed by atoms with Gasteiger partial charge in [-0.1, -0.05) is 12.1 Å². The molecule has 4 nitrogen and oxygen atoms in total. The quantitative estimate of drug-likeness (QED) is 0.832. The summed E-state index contributed by atoms with van der Waals surface area (Å²) < 4.78 is 0. The number of nitrogens with one attached hydrogen (secondary N) is 1. The van der Waals surface area contributed by atoms with Crippen LogP contribution in [0.2, 0.25) is 0 Å². The van der Waals surface area contributed by atoms with Crippen molar-refractivity contribution < 1.29 is 14.7 Å². The van der Waals surface area contributed by atoms with Gasteiger partial charge in [0.05, 0.1) is 6.04 Å². The molecule has 1 atom stereocenters. The number of carbonyl (C=O) groups excluding carboxylic acids is 1. The van der Waals surface area contributed by atoms with Crippen molar-refractivity contribution in [1.29, 1.82) is 0 Å². The second kappa shape index (κ2) is 6.85. The lowest BCUT2D eigenvalue weighted by molar-refractivity contribution is -0.131. The lowest BCUT2D eigenvalue weighted by Crippen LogP contribution is -2.26. The molecule has 0 aliphatic carbocycles. The minimum absolute atomic E-state index is 0.0676. The van der Waals surface area contributed by atoms with E-state index in [9.17, 15) is 9.59 Å². The molecule has 0 spiro atoms. The van der Waals surface area contributed by atoms with E-state index in [1.165, 1.54) is 6.08 Å². The van der Waals surface area contributed by atoms with E-state index in [4.69, 9.17) is 5.11 Å². The summed E-state index contributed by atoms with van der Waals surface area (Å²) in [5.41, 5.74) is 2.24. The van der Waals surface area contributed by atoms with Crippen molar-refractivity contribution in [2.24, 2.45) is 0 Å². The molecule has 0 fully saturated rings. The third kappa shape index (κ3) is 4.29. The van der Waals surface area contributed by atoms with Gasteiger partial charge in [-0.25, -0.2) is 4.79 Å². The van der Waals surface area contributed by atoms with E-state index >= 15 is 0 Å². The molecule has 1 aromatic carbocycles. The highest BCUT2D eigenvalue weighted by atomic mass is 32.1. The van der Waals surface area contributed by atoms with Crippen LogP contribution in [-0.4, -0.2) is 17.0 Å². The molecule has 0 bridgehead atoms. The van der Waals surface area contributed by atoms with E-state index in [0.29, 0.717) is 11.1 Å². The number of hydrogen-bond donors (Lipinski definition) is 2. The Bertz CT molecular complexity index is 662. The van der Waals surface area contributed by atoms with Gasteiger partial charge >= 0.3 is 5.97 Å². The van der Waals surface area contributed by atoms with Crippen LogP contribution in [0.1, 0.15) is 34.5 Å². The van der Waals surface area contributed by atoms with Crippen molar-refractivity contribution in [2.45, 2.75) is 13.0 Å². The molecule has 1 aromatic heterocycles. The van der Waals surface area contributed by atoms with E-state index in [0.717, 1.165) is 11.6 Å². The number of hydrogen-bond acceptors (Lipinski definition) is 3. The standard InChI is InChI=1S/C16H15NO3S/c1-11(14-7-8-21-10-14)17-16(20)13-4-2-3-12(9-13)5-6-15(18)19/h2-11H,1H3,(H,17,20)(H,18,19). The number of amides is 1. The average molecular weight is 301 g/mol. The molecule has 108 valence electrons. The minimum atomic E-state index is -1.02. The van der Waals surface area contributed by atoms with Gasteiger partial charge in [0.25, 0.3) is 5.91 Å². The fourth-order valence-electron chi connectivity index (χ4n) is 1.84. The van der Waals surface area contributed by atoms with Crippen LogP contribution in [0, 0.1) is 0 Å². The van der Waals surface area contributed by atoms with Crippen LogP contribution in [0.3, 0.4) is 0 Å². The Morgan fingerprint density at radius 2 is 2.14 bits per heavy atom. The first-order valence-corrected chi connectivity index (χ1v) is 7.34. The number of carbonyl (C=O) groups is 2. The third-order valence-electron chi connectivity index (χ3n) is 2.96. The van der Waals surface area contributed by atoms with E-state index in [-0.39, 0.29) is 11.9 Å². The van der Waals surface area contributed by atoms with Gasteiger partial charge < -0.3 is 10.4 Å². The van der Waals surface area contributed by atoms with Crippen molar-refractivity contribution in [2.75, 3.05) is 0 Å². The third-order valence-corrected chi connectivity index (χ3v) is 3.66. The highest BCUT2D eigenvalue weighted by molar-refractivity contribution is 7.07. The molecule has 0 aliphatic rings. The van der Waals surface area contributed by atoms with E-state index in [2.05, 4.69) is 5.32 Å². The number of carboxylic acids is 1. The van der Waals surface area contributed by atoms with Crippen LogP contribution in [0.5, 0.6) is 0 Å². The molecular weight excluding hydrogens is 286 g/mol. The summed E-state index contributed by atoms with van der Waals surface area (Å²) in [7, 11) is 0. The lowest BCUT2D eigenvalue weighted by atomic mass is 10.1. The van der Waals surface area contributed by atoms with Gasteiger partial charge in [0.15, 0.2) is 0 Å². The van der Waals surface area contributed by atoms with Crippen LogP contribution in [0.25, 0.3) is 6.08 Å². The number of rotatable bonds is 5. The van der Waals surface area contributed by atoms with Crippen molar-refractivity contribution in [3.63, 3.8) is 0 Å². The van der Waals surface area contributed by atoms with Gasteiger partial charge in [-0.2, -0.15) is 11.3 Å². The molecule has 1 amide bonds. The molecule has 0 saturated heterocycles. The molecule has 5 heteroatoms. The Balaban J connectivity index is 2.09. The molecule has 2 rings (SSSR count). The van der Waals surface area contributed by atoms with Gasteiger partial charge in [0.1, 0.15) is 0 Å². The molecule has 21 heavy (non-hydrogen) atoms. The summed E-state index contributed by atoms with van der Waals surface area (Å²) in [5, 5.41) is 15.5. The maximum Gasteiger partial charge on any atom is 0.328 e. The lowest BCUT2D eigenvalue weighted by Gasteiger charge is -2.12. The van der Waals surface area contributed by atoms with Gasteiger partial charge in [0, 0.05) is 11.6 Å². The summed E-state index contributed by atoms with van der Waals surface area (Å²) in [6, 6.07) is 8.75. The summed E-state index contributed by atoms with van der Waals surface area (Å²) in [6.45, 7) is 1.92. The highest BCUT2D eigenvalue weighted by Crippen LogP contribution is 2.16. The molecular formula is C16H15NO3S. The zero-order chi connectivity index (χ0) is 15.2. The first-order chi connectivity index (χ1) is 10.1. The van der Waals surface area contributed by atoms with Crippen LogP contribution in [0.4, 0.5) is 0 Å². The van der Waals surface area contributed by atoms with Crippen LogP contribution >= 0.6 is 11.3 Å². The SMILES string of the molecule is CC(NC(=O)c1cccc(C=CC(=O)O)c1)c1ccsc1. The van der Waals surface area contributed by atoms with Crippen LogP contribution < -0.4 is 5.32 Å². The largest absolute Gasteiger partial charge is 0.478 e. The van der Waals surface area contributed by atoms with E-state index in [1.807, 2.05) is 23.8 Å². The maximum absolute atomic E-state index is 12.2. The Kier molecular flexibility index (Phi) is 4.90. The minimum Gasteiger partial charge on any atom is -0.478 e. The van der Waals surface area contributed by atoms with Gasteiger partial charge in [-0.05, 0) is 53.1 Å². The zero-order valence-electron chi connectivity index (χ0n) is 11.4. The number of thiophene rings is 1. The van der Waals surface area contributed by atoms with E-state index in [1.54, 1.807) is 35.6 Å². The zero-order valence-corrected chi connectivity index (χ0v) is 12.3. The molecule has 0 saturated carbocycles. The summed E-state index contributed by atoms with van der Waals surface area (Å²) >= 11 is 1.59. The van der Waals surface area contributed by atoms with Crippen LogP contribution in [0.15, 0.2) is 47.2 Å². The maximum atomic E-state index is 12.2. The topological polar surface area (TPSA) is 66.4 Å². The Morgan fingerprint density at radius 1 is 1.33 bits per heavy atom. The van der Waals surface area contributed by atoms with Gasteiger partial charge in [-0.3, -0.25) is 4.79 Å². The molecule has 0 aliphatic heterocycles. The first-order valence-electron chi connectivity index (χ1n) is 6.40. The highest BCUT2D eigenvalue weighted by Gasteiger charge is 2.11. The number of benzene rings is 1. The van der Waals surface area contributed by atoms with Crippen molar-refractivity contribution >= 4 is 29.3 Å². The second-order valence-electron chi connectivity index (χ2n) is 4.55.